The maximum Gasteiger partial charge on any atom is 0.235 e. The first-order valence-corrected chi connectivity index (χ1v) is 8.12. The molecule has 0 radical (unpaired) electrons. The van der Waals surface area contributed by atoms with Crippen molar-refractivity contribution >= 4 is 43.8 Å². The smallest absolute Gasteiger partial charge is 0.206 e. The zero-order valence-corrected chi connectivity index (χ0v) is 13.3. The van der Waals surface area contributed by atoms with Gasteiger partial charge in [-0.05, 0) is 29.7 Å². The second kappa shape index (κ2) is 4.90. The molecule has 0 saturated carbocycles. The molecule has 4 rings (SSSR count). The predicted molar refractivity (Wildman–Crippen MR) is 80.7 cm³/mol. The summed E-state index contributed by atoms with van der Waals surface area (Å²) in [7, 11) is 0. The summed E-state index contributed by atoms with van der Waals surface area (Å²) in [6.45, 7) is 0. The van der Waals surface area contributed by atoms with Crippen LogP contribution in [0.5, 0.6) is 0 Å². The van der Waals surface area contributed by atoms with Gasteiger partial charge in [0.25, 0.3) is 0 Å². The fraction of sp³-hybridized carbons (Fsp3) is 0. The highest BCUT2D eigenvalue weighted by Gasteiger charge is 2.18. The summed E-state index contributed by atoms with van der Waals surface area (Å²) >= 11 is 5.90. The molecule has 0 amide bonds. The Labute approximate surface area is 133 Å². The second-order valence-corrected chi connectivity index (χ2v) is 6.52. The largest absolute Gasteiger partial charge is 0.235 e. The van der Waals surface area contributed by atoms with Crippen molar-refractivity contribution in [2.75, 3.05) is 0 Å². The van der Waals surface area contributed by atoms with Gasteiger partial charge >= 0.3 is 0 Å². The zero-order valence-electron chi connectivity index (χ0n) is 10.1. The van der Waals surface area contributed by atoms with Gasteiger partial charge in [0.2, 0.25) is 4.96 Å². The Morgan fingerprint density at radius 1 is 1.19 bits per heavy atom. The van der Waals surface area contributed by atoms with E-state index in [4.69, 9.17) is 0 Å². The number of fused-ring (bicyclic) bond motifs is 1. The Hall–Kier alpha value is -1.78. The van der Waals surface area contributed by atoms with Crippen molar-refractivity contribution in [3.8, 4) is 22.1 Å². The maximum absolute atomic E-state index is 14.0. The maximum atomic E-state index is 14.0. The van der Waals surface area contributed by atoms with Gasteiger partial charge in [0.15, 0.2) is 10.8 Å². The standard InChI is InChI=1S/C11H4BrFN6S2/c12-5-1-2-7(13)6(3-5)9-15-16-11-19(9)17-10(21-11)8-4-20-18-14-8/h1-4H. The fourth-order valence-electron chi connectivity index (χ4n) is 1.82. The highest BCUT2D eigenvalue weighted by molar-refractivity contribution is 9.10. The minimum absolute atomic E-state index is 0.338. The summed E-state index contributed by atoms with van der Waals surface area (Å²) in [6, 6.07) is 4.65. The fourth-order valence-corrected chi connectivity index (χ4v) is 3.49. The lowest BCUT2D eigenvalue weighted by molar-refractivity contribution is 0.629. The van der Waals surface area contributed by atoms with Crippen molar-refractivity contribution < 1.29 is 4.39 Å². The lowest BCUT2D eigenvalue weighted by atomic mass is 10.2. The summed E-state index contributed by atoms with van der Waals surface area (Å²) in [5, 5.41) is 18.9. The molecule has 104 valence electrons. The van der Waals surface area contributed by atoms with Gasteiger partial charge in [-0.2, -0.15) is 9.61 Å². The number of hydrogen-bond donors (Lipinski definition) is 0. The van der Waals surface area contributed by atoms with Crippen LogP contribution in [0.1, 0.15) is 0 Å². The van der Waals surface area contributed by atoms with Crippen LogP contribution in [-0.2, 0) is 0 Å². The molecule has 0 aliphatic heterocycles. The summed E-state index contributed by atoms with van der Waals surface area (Å²) < 4.78 is 20.1. The van der Waals surface area contributed by atoms with Gasteiger partial charge in [-0.3, -0.25) is 0 Å². The molecule has 1 aromatic carbocycles. The average molecular weight is 383 g/mol. The number of benzene rings is 1. The molecule has 0 spiro atoms. The molecule has 0 atom stereocenters. The third-order valence-corrected chi connectivity index (χ3v) is 4.66. The first-order chi connectivity index (χ1) is 10.2. The Balaban J connectivity index is 1.92. The van der Waals surface area contributed by atoms with Gasteiger partial charge in [0, 0.05) is 9.85 Å². The Morgan fingerprint density at radius 2 is 2.10 bits per heavy atom. The minimum Gasteiger partial charge on any atom is -0.206 e. The highest BCUT2D eigenvalue weighted by atomic mass is 79.9. The number of rotatable bonds is 2. The Kier molecular flexibility index (Phi) is 3.01. The Bertz CT molecular complexity index is 932. The molecule has 3 heterocycles. The van der Waals surface area contributed by atoms with Crippen LogP contribution in [0, 0.1) is 5.82 Å². The lowest BCUT2D eigenvalue weighted by Gasteiger charge is -2.00. The summed E-state index contributed by atoms with van der Waals surface area (Å²) in [4.78, 5) is 0.576. The third-order valence-electron chi connectivity index (χ3n) is 2.74. The van der Waals surface area contributed by atoms with Gasteiger partial charge < -0.3 is 0 Å². The number of hydrogen-bond acceptors (Lipinski definition) is 7. The van der Waals surface area contributed by atoms with Crippen LogP contribution in [0.3, 0.4) is 0 Å². The molecule has 0 fully saturated rings. The molecule has 0 bridgehead atoms. The van der Waals surface area contributed by atoms with Crippen LogP contribution in [-0.4, -0.2) is 29.4 Å². The van der Waals surface area contributed by atoms with E-state index < -0.39 is 0 Å². The summed E-state index contributed by atoms with van der Waals surface area (Å²) in [6.07, 6.45) is 0. The first kappa shape index (κ1) is 12.9. The molecule has 21 heavy (non-hydrogen) atoms. The topological polar surface area (TPSA) is 68.9 Å². The SMILES string of the molecule is Fc1ccc(Br)cc1-c1nnc2sc(-c3csnn3)nn12. The summed E-state index contributed by atoms with van der Waals surface area (Å²) in [5.74, 6) is -0.0214. The first-order valence-electron chi connectivity index (χ1n) is 5.67. The quantitative estimate of drug-likeness (QED) is 0.532. The van der Waals surface area contributed by atoms with Gasteiger partial charge in [-0.15, -0.1) is 15.3 Å². The van der Waals surface area contributed by atoms with Gasteiger partial charge in [0.1, 0.15) is 11.5 Å². The number of aromatic nitrogens is 6. The van der Waals surface area contributed by atoms with E-state index in [1.54, 1.807) is 17.5 Å². The number of halogens is 2. The van der Waals surface area contributed by atoms with Gasteiger partial charge in [-0.1, -0.05) is 31.8 Å². The van der Waals surface area contributed by atoms with E-state index in [9.17, 15) is 4.39 Å². The van der Waals surface area contributed by atoms with Crippen molar-refractivity contribution in [3.05, 3.63) is 33.9 Å². The lowest BCUT2D eigenvalue weighted by Crippen LogP contribution is -1.94. The van der Waals surface area contributed by atoms with Crippen LogP contribution in [0.4, 0.5) is 4.39 Å². The van der Waals surface area contributed by atoms with E-state index in [1.807, 2.05) is 0 Å². The molecule has 0 saturated heterocycles. The van der Waals surface area contributed by atoms with Crippen molar-refractivity contribution in [1.29, 1.82) is 0 Å². The van der Waals surface area contributed by atoms with Crippen molar-refractivity contribution in [2.45, 2.75) is 0 Å². The van der Waals surface area contributed by atoms with Crippen LogP contribution in [0.15, 0.2) is 28.1 Å². The second-order valence-electron chi connectivity index (χ2n) is 4.04. The van der Waals surface area contributed by atoms with Gasteiger partial charge in [-0.25, -0.2) is 4.39 Å². The highest BCUT2D eigenvalue weighted by Crippen LogP contribution is 2.29. The van der Waals surface area contributed by atoms with E-state index in [1.165, 1.54) is 33.5 Å². The number of nitrogens with zero attached hydrogens (tertiary/aromatic N) is 6. The van der Waals surface area contributed by atoms with Crippen molar-refractivity contribution in [3.63, 3.8) is 0 Å². The van der Waals surface area contributed by atoms with Crippen LogP contribution in [0.2, 0.25) is 0 Å². The van der Waals surface area contributed by atoms with E-state index in [2.05, 4.69) is 40.8 Å². The van der Waals surface area contributed by atoms with E-state index in [-0.39, 0.29) is 5.82 Å². The predicted octanol–water partition coefficient (Wildman–Crippen LogP) is 3.27. The van der Waals surface area contributed by atoms with Crippen molar-refractivity contribution in [2.24, 2.45) is 0 Å². The van der Waals surface area contributed by atoms with Crippen LogP contribution < -0.4 is 0 Å². The average Bonchev–Trinajstić information content (AvgIpc) is 3.15. The minimum atomic E-state index is -0.377. The molecular weight excluding hydrogens is 379 g/mol. The zero-order chi connectivity index (χ0) is 14.4. The van der Waals surface area contributed by atoms with Crippen LogP contribution in [0.25, 0.3) is 27.1 Å². The van der Waals surface area contributed by atoms with Crippen LogP contribution >= 0.6 is 38.8 Å². The van der Waals surface area contributed by atoms with Crippen molar-refractivity contribution in [1.82, 2.24) is 29.4 Å². The molecule has 3 aromatic heterocycles. The molecule has 0 N–H and O–H groups in total. The molecule has 0 aliphatic carbocycles. The van der Waals surface area contributed by atoms with E-state index in [0.29, 0.717) is 27.1 Å². The normalized spacial score (nSPS) is 11.3. The monoisotopic (exact) mass is 382 g/mol. The molecule has 4 aromatic rings. The molecule has 0 unspecified atom stereocenters. The molecular formula is C11H4BrFN6S2. The Morgan fingerprint density at radius 3 is 2.90 bits per heavy atom. The van der Waals surface area contributed by atoms with E-state index >= 15 is 0 Å². The van der Waals surface area contributed by atoms with Gasteiger partial charge in [0.05, 0.1) is 5.56 Å². The molecule has 0 aliphatic rings. The third kappa shape index (κ3) is 2.15. The molecule has 10 heteroatoms. The van der Waals surface area contributed by atoms with E-state index in [0.717, 1.165) is 4.47 Å². The summed E-state index contributed by atoms with van der Waals surface area (Å²) in [5.41, 5.74) is 1.02. The molecule has 6 nitrogen and oxygen atoms in total.